The molecule has 4 nitrogen and oxygen atoms in total. The van der Waals surface area contributed by atoms with E-state index < -0.39 is 10.0 Å². The van der Waals surface area contributed by atoms with Crippen LogP contribution in [0.3, 0.4) is 0 Å². The van der Waals surface area contributed by atoms with Crippen molar-refractivity contribution in [1.82, 2.24) is 4.72 Å². The highest BCUT2D eigenvalue weighted by atomic mass is 32.2. The Morgan fingerprint density at radius 2 is 1.89 bits per heavy atom. The van der Waals surface area contributed by atoms with Crippen molar-refractivity contribution in [3.63, 3.8) is 0 Å². The lowest BCUT2D eigenvalue weighted by molar-refractivity contribution is 0.570. The van der Waals surface area contributed by atoms with E-state index in [0.29, 0.717) is 10.9 Å². The minimum atomic E-state index is -3.38. The fourth-order valence-corrected chi connectivity index (χ4v) is 3.45. The average Bonchev–Trinajstić information content (AvgIpc) is 3.06. The van der Waals surface area contributed by atoms with Crippen molar-refractivity contribution in [3.8, 4) is 0 Å². The summed E-state index contributed by atoms with van der Waals surface area (Å²) < 4.78 is 26.5. The predicted molar refractivity (Wildman–Crippen MR) is 77.7 cm³/mol. The third-order valence-corrected chi connectivity index (χ3v) is 5.03. The molecule has 5 heteroatoms. The summed E-state index contributed by atoms with van der Waals surface area (Å²) in [4.78, 5) is 0.314. The van der Waals surface area contributed by atoms with Gasteiger partial charge in [-0.15, -0.1) is 0 Å². The normalized spacial score (nSPS) is 22.5. The zero-order chi connectivity index (χ0) is 14.0. The van der Waals surface area contributed by atoms with Crippen LogP contribution in [-0.2, 0) is 10.0 Å². The van der Waals surface area contributed by atoms with Crippen LogP contribution in [0, 0.1) is 5.92 Å². The molecule has 2 atom stereocenters. The van der Waals surface area contributed by atoms with Gasteiger partial charge < -0.3 is 5.32 Å². The number of anilines is 1. The molecule has 19 heavy (non-hydrogen) atoms. The summed E-state index contributed by atoms with van der Waals surface area (Å²) in [6.07, 6.45) is 2.41. The van der Waals surface area contributed by atoms with Crippen molar-refractivity contribution < 1.29 is 8.42 Å². The summed E-state index contributed by atoms with van der Waals surface area (Å²) in [7, 11) is -3.38. The van der Waals surface area contributed by atoms with Gasteiger partial charge in [0.15, 0.2) is 0 Å². The summed E-state index contributed by atoms with van der Waals surface area (Å²) in [5.41, 5.74) is 0.990. The monoisotopic (exact) mass is 282 g/mol. The smallest absolute Gasteiger partial charge is 0.240 e. The first-order valence-corrected chi connectivity index (χ1v) is 8.29. The number of sulfonamides is 1. The maximum absolute atomic E-state index is 12.0. The zero-order valence-electron chi connectivity index (χ0n) is 11.7. The largest absolute Gasteiger partial charge is 0.382 e. The second kappa shape index (κ2) is 5.51. The maximum Gasteiger partial charge on any atom is 0.240 e. The molecule has 0 aromatic heterocycles. The van der Waals surface area contributed by atoms with Crippen LogP contribution in [0.25, 0.3) is 0 Å². The maximum atomic E-state index is 12.0. The number of hydrogen-bond acceptors (Lipinski definition) is 3. The van der Waals surface area contributed by atoms with Crippen molar-refractivity contribution in [1.29, 1.82) is 0 Å². The molecule has 106 valence electrons. The summed E-state index contributed by atoms with van der Waals surface area (Å²) in [5.74, 6) is 0.769. The minimum absolute atomic E-state index is 0.0976. The quantitative estimate of drug-likeness (QED) is 0.843. The molecule has 0 aliphatic heterocycles. The fourth-order valence-electron chi connectivity index (χ4n) is 2.20. The van der Waals surface area contributed by atoms with Gasteiger partial charge in [0.05, 0.1) is 4.90 Å². The van der Waals surface area contributed by atoms with Crippen molar-refractivity contribution >= 4 is 15.7 Å². The molecular weight excluding hydrogens is 260 g/mol. The highest BCUT2D eigenvalue weighted by Crippen LogP contribution is 2.36. The third kappa shape index (κ3) is 3.70. The molecule has 1 aromatic rings. The zero-order valence-corrected chi connectivity index (χ0v) is 12.5. The van der Waals surface area contributed by atoms with E-state index in [0.717, 1.165) is 11.6 Å². The van der Waals surface area contributed by atoms with Crippen LogP contribution in [0.15, 0.2) is 29.2 Å². The van der Waals surface area contributed by atoms with Gasteiger partial charge in [0.25, 0.3) is 0 Å². The molecule has 2 unspecified atom stereocenters. The Morgan fingerprint density at radius 1 is 1.26 bits per heavy atom. The van der Waals surface area contributed by atoms with Crippen LogP contribution in [0.4, 0.5) is 5.69 Å². The lowest BCUT2D eigenvalue weighted by Gasteiger charge is -2.10. The second-order valence-corrected chi connectivity index (χ2v) is 7.17. The van der Waals surface area contributed by atoms with Crippen LogP contribution >= 0.6 is 0 Å². The Morgan fingerprint density at radius 3 is 2.37 bits per heavy atom. The SMILES string of the molecule is CCC1CC1Nc1ccc(S(=O)(=O)NC(C)C)cc1. The number of rotatable bonds is 6. The lowest BCUT2D eigenvalue weighted by atomic mass is 10.3. The topological polar surface area (TPSA) is 58.2 Å². The summed E-state index contributed by atoms with van der Waals surface area (Å²) in [6, 6.07) is 7.42. The van der Waals surface area contributed by atoms with Crippen LogP contribution < -0.4 is 10.0 Å². The Balaban J connectivity index is 2.02. The molecule has 1 aromatic carbocycles. The molecule has 1 aliphatic carbocycles. The Labute approximate surface area is 115 Å². The van der Waals surface area contributed by atoms with E-state index in [9.17, 15) is 8.42 Å². The lowest BCUT2D eigenvalue weighted by Crippen LogP contribution is -2.30. The molecule has 2 rings (SSSR count). The van der Waals surface area contributed by atoms with Gasteiger partial charge in [-0.3, -0.25) is 0 Å². The molecule has 0 spiro atoms. The van der Waals surface area contributed by atoms with Gasteiger partial charge in [0.1, 0.15) is 0 Å². The number of nitrogens with one attached hydrogen (secondary N) is 2. The van der Waals surface area contributed by atoms with E-state index >= 15 is 0 Å². The van der Waals surface area contributed by atoms with Crippen molar-refractivity contribution in [2.75, 3.05) is 5.32 Å². The predicted octanol–water partition coefficient (Wildman–Crippen LogP) is 2.58. The van der Waals surface area contributed by atoms with E-state index in [-0.39, 0.29) is 6.04 Å². The van der Waals surface area contributed by atoms with Crippen LogP contribution in [0.1, 0.15) is 33.6 Å². The van der Waals surface area contributed by atoms with E-state index in [2.05, 4.69) is 17.0 Å². The van der Waals surface area contributed by atoms with Crippen LogP contribution in [0.2, 0.25) is 0 Å². The van der Waals surface area contributed by atoms with Gasteiger partial charge in [0, 0.05) is 17.8 Å². The van der Waals surface area contributed by atoms with Crippen LogP contribution in [-0.4, -0.2) is 20.5 Å². The Hall–Kier alpha value is -1.07. The average molecular weight is 282 g/mol. The molecule has 2 N–H and O–H groups in total. The van der Waals surface area contributed by atoms with Gasteiger partial charge in [-0.05, 0) is 50.5 Å². The molecule has 1 saturated carbocycles. The molecule has 0 bridgehead atoms. The van der Waals surface area contributed by atoms with Gasteiger partial charge >= 0.3 is 0 Å². The van der Waals surface area contributed by atoms with E-state index in [1.165, 1.54) is 12.8 Å². The minimum Gasteiger partial charge on any atom is -0.382 e. The molecule has 1 aliphatic rings. The first-order valence-electron chi connectivity index (χ1n) is 6.81. The molecule has 0 saturated heterocycles. The van der Waals surface area contributed by atoms with Crippen molar-refractivity contribution in [2.45, 2.75) is 50.6 Å². The van der Waals surface area contributed by atoms with Gasteiger partial charge in [-0.1, -0.05) is 13.3 Å². The third-order valence-electron chi connectivity index (χ3n) is 3.35. The van der Waals surface area contributed by atoms with E-state index in [1.54, 1.807) is 12.1 Å². The number of benzene rings is 1. The molecule has 0 heterocycles. The Kier molecular flexibility index (Phi) is 4.16. The van der Waals surface area contributed by atoms with E-state index in [4.69, 9.17) is 0 Å². The Bertz CT molecular complexity index is 523. The van der Waals surface area contributed by atoms with Crippen molar-refractivity contribution in [2.24, 2.45) is 5.92 Å². The van der Waals surface area contributed by atoms with Crippen LogP contribution in [0.5, 0.6) is 0 Å². The molecule has 0 radical (unpaired) electrons. The fraction of sp³-hybridized carbons (Fsp3) is 0.571. The highest BCUT2D eigenvalue weighted by molar-refractivity contribution is 7.89. The standard InChI is InChI=1S/C14H22N2O2S/c1-4-11-9-14(11)15-12-5-7-13(8-6-12)19(17,18)16-10(2)3/h5-8,10-11,14-16H,4,9H2,1-3H3. The molecular formula is C14H22N2O2S. The van der Waals surface area contributed by atoms with E-state index in [1.807, 2.05) is 26.0 Å². The summed E-state index contributed by atoms with van der Waals surface area (Å²) >= 11 is 0. The first kappa shape index (κ1) is 14.3. The van der Waals surface area contributed by atoms with Crippen molar-refractivity contribution in [3.05, 3.63) is 24.3 Å². The van der Waals surface area contributed by atoms with Gasteiger partial charge in [-0.2, -0.15) is 0 Å². The molecule has 1 fully saturated rings. The molecule has 0 amide bonds. The summed E-state index contributed by atoms with van der Waals surface area (Å²) in [5, 5.41) is 3.42. The number of hydrogen-bond donors (Lipinski definition) is 2. The van der Waals surface area contributed by atoms with Gasteiger partial charge in [-0.25, -0.2) is 13.1 Å². The van der Waals surface area contributed by atoms with Gasteiger partial charge in [0.2, 0.25) is 10.0 Å². The highest BCUT2D eigenvalue weighted by Gasteiger charge is 2.34. The summed E-state index contributed by atoms with van der Waals surface area (Å²) in [6.45, 7) is 5.82. The second-order valence-electron chi connectivity index (χ2n) is 5.46. The first-order chi connectivity index (χ1) is 8.92.